The van der Waals surface area contributed by atoms with E-state index >= 15 is 0 Å². The van der Waals surface area contributed by atoms with E-state index in [1.54, 1.807) is 18.2 Å². The standard InChI is InChI=1S/C23H18N2O3/c1-25-22(27)18-9-5-8-17(20(18)23(25)28)19(21(24)26)16-12-10-15(11-13-16)14-6-3-2-4-7-14/h2-13,19H,1H3,(H2,24,26). The molecule has 3 aromatic carbocycles. The van der Waals surface area contributed by atoms with Gasteiger partial charge in [-0.25, -0.2) is 0 Å². The molecule has 0 fully saturated rings. The predicted octanol–water partition coefficient (Wildman–Crippen LogP) is 3.20. The summed E-state index contributed by atoms with van der Waals surface area (Å²) in [6.45, 7) is 0. The van der Waals surface area contributed by atoms with Gasteiger partial charge in [-0.3, -0.25) is 19.3 Å². The predicted molar refractivity (Wildman–Crippen MR) is 106 cm³/mol. The molecule has 3 aromatic rings. The highest BCUT2D eigenvalue weighted by Gasteiger charge is 2.37. The Morgan fingerprint density at radius 3 is 2.11 bits per heavy atom. The quantitative estimate of drug-likeness (QED) is 0.716. The van der Waals surface area contributed by atoms with Gasteiger partial charge in [0.1, 0.15) is 0 Å². The van der Waals surface area contributed by atoms with Crippen molar-refractivity contribution >= 4 is 17.7 Å². The first kappa shape index (κ1) is 17.7. The molecule has 0 radical (unpaired) electrons. The maximum Gasteiger partial charge on any atom is 0.261 e. The summed E-state index contributed by atoms with van der Waals surface area (Å²) in [7, 11) is 1.43. The van der Waals surface area contributed by atoms with Crippen LogP contribution in [0.5, 0.6) is 0 Å². The van der Waals surface area contributed by atoms with Crippen LogP contribution in [0.1, 0.15) is 37.8 Å². The average Bonchev–Trinajstić information content (AvgIpc) is 2.94. The lowest BCUT2D eigenvalue weighted by atomic mass is 9.85. The Labute approximate surface area is 162 Å². The monoisotopic (exact) mass is 370 g/mol. The van der Waals surface area contributed by atoms with Crippen molar-refractivity contribution in [3.05, 3.63) is 95.1 Å². The second kappa shape index (κ2) is 6.78. The van der Waals surface area contributed by atoms with Gasteiger partial charge in [0, 0.05) is 7.05 Å². The van der Waals surface area contributed by atoms with Gasteiger partial charge >= 0.3 is 0 Å². The molecular weight excluding hydrogens is 352 g/mol. The van der Waals surface area contributed by atoms with Crippen molar-refractivity contribution in [2.24, 2.45) is 5.73 Å². The average molecular weight is 370 g/mol. The van der Waals surface area contributed by atoms with E-state index in [4.69, 9.17) is 5.73 Å². The molecule has 1 atom stereocenters. The van der Waals surface area contributed by atoms with Crippen LogP contribution in [-0.2, 0) is 4.79 Å². The van der Waals surface area contributed by atoms with Crippen molar-refractivity contribution < 1.29 is 14.4 Å². The number of carbonyl (C=O) groups is 3. The summed E-state index contributed by atoms with van der Waals surface area (Å²) in [5.41, 5.74) is 9.48. The fourth-order valence-electron chi connectivity index (χ4n) is 3.66. The third-order valence-corrected chi connectivity index (χ3v) is 5.10. The van der Waals surface area contributed by atoms with E-state index in [0.29, 0.717) is 16.7 Å². The number of imide groups is 1. The minimum Gasteiger partial charge on any atom is -0.369 e. The van der Waals surface area contributed by atoms with Crippen molar-refractivity contribution in [2.45, 2.75) is 5.92 Å². The molecule has 0 spiro atoms. The SMILES string of the molecule is CN1C(=O)c2cccc(C(C(N)=O)c3ccc(-c4ccccc4)cc3)c2C1=O. The molecule has 0 saturated heterocycles. The molecule has 138 valence electrons. The van der Waals surface area contributed by atoms with Crippen LogP contribution < -0.4 is 5.73 Å². The van der Waals surface area contributed by atoms with Crippen LogP contribution in [0.2, 0.25) is 0 Å². The Morgan fingerprint density at radius 1 is 0.821 bits per heavy atom. The number of carbonyl (C=O) groups excluding carboxylic acids is 3. The summed E-state index contributed by atoms with van der Waals surface area (Å²) >= 11 is 0. The minimum atomic E-state index is -0.817. The largest absolute Gasteiger partial charge is 0.369 e. The number of hydrogen-bond donors (Lipinski definition) is 1. The molecule has 28 heavy (non-hydrogen) atoms. The first-order valence-electron chi connectivity index (χ1n) is 8.89. The molecule has 1 heterocycles. The van der Waals surface area contributed by atoms with E-state index in [-0.39, 0.29) is 11.5 Å². The van der Waals surface area contributed by atoms with Crippen LogP contribution in [0.15, 0.2) is 72.8 Å². The normalized spacial score (nSPS) is 14.1. The smallest absolute Gasteiger partial charge is 0.261 e. The summed E-state index contributed by atoms with van der Waals surface area (Å²) in [5, 5.41) is 0. The molecule has 5 heteroatoms. The topological polar surface area (TPSA) is 80.5 Å². The van der Waals surface area contributed by atoms with Gasteiger partial charge in [-0.15, -0.1) is 0 Å². The molecule has 1 unspecified atom stereocenters. The first-order chi connectivity index (χ1) is 13.5. The summed E-state index contributed by atoms with van der Waals surface area (Å²) < 4.78 is 0. The Kier molecular flexibility index (Phi) is 4.28. The van der Waals surface area contributed by atoms with Gasteiger partial charge < -0.3 is 5.73 Å². The zero-order chi connectivity index (χ0) is 19.8. The third-order valence-electron chi connectivity index (χ3n) is 5.10. The lowest BCUT2D eigenvalue weighted by Crippen LogP contribution is -2.26. The molecule has 0 bridgehead atoms. The van der Waals surface area contributed by atoms with E-state index < -0.39 is 17.7 Å². The van der Waals surface area contributed by atoms with Gasteiger partial charge in [-0.1, -0.05) is 66.7 Å². The van der Waals surface area contributed by atoms with Crippen LogP contribution in [0.25, 0.3) is 11.1 Å². The Balaban J connectivity index is 1.80. The van der Waals surface area contributed by atoms with Crippen molar-refractivity contribution in [3.63, 3.8) is 0 Å². The Hall–Kier alpha value is -3.73. The molecule has 2 N–H and O–H groups in total. The summed E-state index contributed by atoms with van der Waals surface area (Å²) in [6.07, 6.45) is 0. The molecule has 1 aliphatic heterocycles. The lowest BCUT2D eigenvalue weighted by Gasteiger charge is -2.17. The Morgan fingerprint density at radius 2 is 1.46 bits per heavy atom. The number of rotatable bonds is 4. The van der Waals surface area contributed by atoms with E-state index in [0.717, 1.165) is 16.0 Å². The number of amides is 3. The van der Waals surface area contributed by atoms with E-state index in [1.807, 2.05) is 54.6 Å². The van der Waals surface area contributed by atoms with E-state index in [2.05, 4.69) is 0 Å². The summed E-state index contributed by atoms with van der Waals surface area (Å²) in [4.78, 5) is 38.3. The number of primary amides is 1. The Bertz CT molecular complexity index is 1090. The van der Waals surface area contributed by atoms with Crippen LogP contribution in [0.4, 0.5) is 0 Å². The fraction of sp³-hybridized carbons (Fsp3) is 0.0870. The summed E-state index contributed by atoms with van der Waals surface area (Å²) in [6, 6.07) is 22.3. The van der Waals surface area contributed by atoms with E-state index in [9.17, 15) is 14.4 Å². The van der Waals surface area contributed by atoms with Crippen LogP contribution in [0.3, 0.4) is 0 Å². The summed E-state index contributed by atoms with van der Waals surface area (Å²) in [5.74, 6) is -2.18. The number of hydrogen-bond acceptors (Lipinski definition) is 3. The molecule has 5 nitrogen and oxygen atoms in total. The van der Waals surface area contributed by atoms with Gasteiger partial charge in [-0.05, 0) is 28.3 Å². The van der Waals surface area contributed by atoms with Gasteiger partial charge in [0.15, 0.2) is 0 Å². The third kappa shape index (κ3) is 2.77. The van der Waals surface area contributed by atoms with Crippen molar-refractivity contribution in [3.8, 4) is 11.1 Å². The minimum absolute atomic E-state index is 0.255. The zero-order valence-electron chi connectivity index (χ0n) is 15.3. The van der Waals surface area contributed by atoms with Gasteiger partial charge in [0.05, 0.1) is 17.0 Å². The van der Waals surface area contributed by atoms with Gasteiger partial charge in [0.2, 0.25) is 5.91 Å². The van der Waals surface area contributed by atoms with Crippen molar-refractivity contribution in [2.75, 3.05) is 7.05 Å². The maximum atomic E-state index is 12.6. The highest BCUT2D eigenvalue weighted by Crippen LogP contribution is 2.34. The van der Waals surface area contributed by atoms with E-state index in [1.165, 1.54) is 7.05 Å². The van der Waals surface area contributed by atoms with Crippen LogP contribution in [-0.4, -0.2) is 29.7 Å². The second-order valence-electron chi connectivity index (χ2n) is 6.76. The molecular formula is C23H18N2O3. The molecule has 0 saturated carbocycles. The fourth-order valence-corrected chi connectivity index (χ4v) is 3.66. The number of nitrogens with zero attached hydrogens (tertiary/aromatic N) is 1. The van der Waals surface area contributed by atoms with Crippen LogP contribution >= 0.6 is 0 Å². The maximum absolute atomic E-state index is 12.6. The highest BCUT2D eigenvalue weighted by atomic mass is 16.2. The number of nitrogens with two attached hydrogens (primary N) is 1. The molecule has 0 aliphatic carbocycles. The van der Waals surface area contributed by atoms with Gasteiger partial charge in [0.25, 0.3) is 11.8 Å². The number of benzene rings is 3. The van der Waals surface area contributed by atoms with Gasteiger partial charge in [-0.2, -0.15) is 0 Å². The molecule has 4 rings (SSSR count). The second-order valence-corrected chi connectivity index (χ2v) is 6.76. The first-order valence-corrected chi connectivity index (χ1v) is 8.89. The zero-order valence-corrected chi connectivity index (χ0v) is 15.3. The van der Waals surface area contributed by atoms with Crippen molar-refractivity contribution in [1.82, 2.24) is 4.90 Å². The molecule has 0 aromatic heterocycles. The van der Waals surface area contributed by atoms with Crippen LogP contribution in [0, 0.1) is 0 Å². The molecule has 1 aliphatic rings. The highest BCUT2D eigenvalue weighted by molar-refractivity contribution is 6.22. The molecule has 3 amide bonds. The number of fused-ring (bicyclic) bond motifs is 1. The lowest BCUT2D eigenvalue weighted by molar-refractivity contribution is -0.118. The van der Waals surface area contributed by atoms with Crippen molar-refractivity contribution in [1.29, 1.82) is 0 Å².